The molecule has 0 fully saturated rings. The number of rotatable bonds is 1. The number of aliphatic hydroxyl groups excluding tert-OH is 1. The van der Waals surface area contributed by atoms with Crippen molar-refractivity contribution in [3.63, 3.8) is 0 Å². The van der Waals surface area contributed by atoms with Gasteiger partial charge in [-0.2, -0.15) is 0 Å². The van der Waals surface area contributed by atoms with E-state index in [2.05, 4.69) is 5.32 Å². The lowest BCUT2D eigenvalue weighted by atomic mass is 10.1. The first-order valence-electron chi connectivity index (χ1n) is 4.40. The highest BCUT2D eigenvalue weighted by Crippen LogP contribution is 2.36. The minimum Gasteiger partial charge on any atom is -0.508 e. The summed E-state index contributed by atoms with van der Waals surface area (Å²) in [5.74, 6) is 0.286. The lowest BCUT2D eigenvalue weighted by molar-refractivity contribution is 0.146. The number of hydrogen-bond donors (Lipinski definition) is 3. The number of phenols is 1. The number of fused-ring (bicyclic) bond motifs is 1. The van der Waals surface area contributed by atoms with Crippen molar-refractivity contribution >= 4 is 0 Å². The second-order valence-corrected chi connectivity index (χ2v) is 3.39. The van der Waals surface area contributed by atoms with Crippen LogP contribution in [0.4, 0.5) is 0 Å². The van der Waals surface area contributed by atoms with Gasteiger partial charge >= 0.3 is 0 Å². The molecule has 0 amide bonds. The molecular weight excluding hydrogens is 166 g/mol. The minimum absolute atomic E-state index is 0.0308. The van der Waals surface area contributed by atoms with Crippen LogP contribution in [0.2, 0.25) is 0 Å². The van der Waals surface area contributed by atoms with Gasteiger partial charge in [0.05, 0.1) is 6.10 Å². The molecule has 0 aliphatic heterocycles. The van der Waals surface area contributed by atoms with Gasteiger partial charge < -0.3 is 15.5 Å². The fourth-order valence-corrected chi connectivity index (χ4v) is 1.90. The van der Waals surface area contributed by atoms with Crippen LogP contribution in [-0.2, 0) is 6.42 Å². The van der Waals surface area contributed by atoms with Gasteiger partial charge in [-0.1, -0.05) is 12.1 Å². The number of hydrogen-bond acceptors (Lipinski definition) is 3. The summed E-state index contributed by atoms with van der Waals surface area (Å²) in [6.45, 7) is 0. The number of aliphatic hydroxyl groups is 1. The monoisotopic (exact) mass is 179 g/mol. The Morgan fingerprint density at radius 2 is 2.23 bits per heavy atom. The molecule has 70 valence electrons. The molecule has 3 nitrogen and oxygen atoms in total. The first-order chi connectivity index (χ1) is 6.24. The predicted molar refractivity (Wildman–Crippen MR) is 49.6 cm³/mol. The van der Waals surface area contributed by atoms with Crippen molar-refractivity contribution in [2.24, 2.45) is 0 Å². The topological polar surface area (TPSA) is 52.5 Å². The van der Waals surface area contributed by atoms with Crippen LogP contribution in [0.5, 0.6) is 5.75 Å². The Bertz CT molecular complexity index is 325. The maximum absolute atomic E-state index is 9.79. The summed E-state index contributed by atoms with van der Waals surface area (Å²) in [6, 6.07) is 5.30. The molecule has 0 spiro atoms. The summed E-state index contributed by atoms with van der Waals surface area (Å²) in [4.78, 5) is 0. The van der Waals surface area contributed by atoms with Crippen molar-refractivity contribution in [1.82, 2.24) is 5.32 Å². The highest BCUT2D eigenvalue weighted by molar-refractivity contribution is 5.45. The number of nitrogens with one attached hydrogen (secondary N) is 1. The van der Waals surface area contributed by atoms with Crippen LogP contribution in [0.25, 0.3) is 0 Å². The smallest absolute Gasteiger partial charge is 0.119 e. The largest absolute Gasteiger partial charge is 0.508 e. The zero-order valence-corrected chi connectivity index (χ0v) is 7.49. The van der Waals surface area contributed by atoms with E-state index in [1.54, 1.807) is 12.1 Å². The summed E-state index contributed by atoms with van der Waals surface area (Å²) < 4.78 is 0. The SMILES string of the molecule is CNC1Cc2c(O)cccc2C1O. The van der Waals surface area contributed by atoms with Gasteiger partial charge in [-0.15, -0.1) is 0 Å². The van der Waals surface area contributed by atoms with Crippen molar-refractivity contribution in [3.8, 4) is 5.75 Å². The van der Waals surface area contributed by atoms with Crippen molar-refractivity contribution in [2.45, 2.75) is 18.6 Å². The van der Waals surface area contributed by atoms with Crippen LogP contribution in [0.15, 0.2) is 18.2 Å². The summed E-state index contributed by atoms with van der Waals surface area (Å²) in [6.07, 6.45) is 0.201. The number of aromatic hydroxyl groups is 1. The Morgan fingerprint density at radius 1 is 1.46 bits per heavy atom. The van der Waals surface area contributed by atoms with E-state index in [9.17, 15) is 10.2 Å². The molecule has 0 aromatic heterocycles. The van der Waals surface area contributed by atoms with E-state index in [-0.39, 0.29) is 11.8 Å². The van der Waals surface area contributed by atoms with Gasteiger partial charge in [0, 0.05) is 11.6 Å². The third-order valence-electron chi connectivity index (χ3n) is 2.68. The van der Waals surface area contributed by atoms with Crippen LogP contribution in [-0.4, -0.2) is 23.3 Å². The summed E-state index contributed by atoms with van der Waals surface area (Å²) in [7, 11) is 1.82. The Hall–Kier alpha value is -1.06. The van der Waals surface area contributed by atoms with E-state index >= 15 is 0 Å². The predicted octanol–water partition coefficient (Wildman–Crippen LogP) is 0.570. The van der Waals surface area contributed by atoms with Crippen molar-refractivity contribution in [2.75, 3.05) is 7.05 Å². The second kappa shape index (κ2) is 3.01. The minimum atomic E-state index is -0.493. The third-order valence-corrected chi connectivity index (χ3v) is 2.68. The van der Waals surface area contributed by atoms with E-state index < -0.39 is 6.10 Å². The summed E-state index contributed by atoms with van der Waals surface area (Å²) in [5.41, 5.74) is 1.72. The molecule has 1 aromatic rings. The Morgan fingerprint density at radius 3 is 2.85 bits per heavy atom. The maximum Gasteiger partial charge on any atom is 0.119 e. The third kappa shape index (κ3) is 1.20. The van der Waals surface area contributed by atoms with E-state index in [1.165, 1.54) is 0 Å². The van der Waals surface area contributed by atoms with E-state index in [0.29, 0.717) is 6.42 Å². The van der Waals surface area contributed by atoms with Crippen LogP contribution in [0.1, 0.15) is 17.2 Å². The molecular formula is C10H13NO2. The highest BCUT2D eigenvalue weighted by atomic mass is 16.3. The first-order valence-corrected chi connectivity index (χ1v) is 4.40. The average Bonchev–Trinajstić information content (AvgIpc) is 2.45. The van der Waals surface area contributed by atoms with Crippen LogP contribution in [0.3, 0.4) is 0 Å². The Kier molecular flexibility index (Phi) is 1.98. The highest BCUT2D eigenvalue weighted by Gasteiger charge is 2.31. The van der Waals surface area contributed by atoms with Crippen LogP contribution < -0.4 is 5.32 Å². The fraction of sp³-hybridized carbons (Fsp3) is 0.400. The van der Waals surface area contributed by atoms with Crippen LogP contribution >= 0.6 is 0 Å². The zero-order chi connectivity index (χ0) is 9.42. The second-order valence-electron chi connectivity index (χ2n) is 3.39. The molecule has 3 N–H and O–H groups in total. The zero-order valence-electron chi connectivity index (χ0n) is 7.49. The molecule has 2 atom stereocenters. The molecule has 2 rings (SSSR count). The van der Waals surface area contributed by atoms with Gasteiger partial charge in [-0.3, -0.25) is 0 Å². The quantitative estimate of drug-likeness (QED) is 0.590. The van der Waals surface area contributed by atoms with Gasteiger partial charge in [0.1, 0.15) is 5.75 Å². The normalized spacial score (nSPS) is 26.0. The molecule has 0 heterocycles. The standard InChI is InChI=1S/C10H13NO2/c1-11-8-5-7-6(10(8)13)3-2-4-9(7)12/h2-4,8,10-13H,5H2,1H3. The van der Waals surface area contributed by atoms with E-state index in [4.69, 9.17) is 0 Å². The summed E-state index contributed by atoms with van der Waals surface area (Å²) >= 11 is 0. The molecule has 1 aliphatic carbocycles. The van der Waals surface area contributed by atoms with Crippen molar-refractivity contribution < 1.29 is 10.2 Å². The van der Waals surface area contributed by atoms with Crippen molar-refractivity contribution in [3.05, 3.63) is 29.3 Å². The molecule has 0 bridgehead atoms. The van der Waals surface area contributed by atoms with Gasteiger partial charge in [0.2, 0.25) is 0 Å². The summed E-state index contributed by atoms with van der Waals surface area (Å²) in [5, 5.41) is 22.3. The van der Waals surface area contributed by atoms with Crippen molar-refractivity contribution in [1.29, 1.82) is 0 Å². The van der Waals surface area contributed by atoms with Gasteiger partial charge in [0.15, 0.2) is 0 Å². The number of likely N-dealkylation sites (N-methyl/N-ethyl adjacent to an activating group) is 1. The molecule has 3 heteroatoms. The van der Waals surface area contributed by atoms with Gasteiger partial charge in [0.25, 0.3) is 0 Å². The molecule has 2 unspecified atom stereocenters. The first kappa shape index (κ1) is 8.53. The molecule has 0 radical (unpaired) electrons. The van der Waals surface area contributed by atoms with Crippen LogP contribution in [0, 0.1) is 0 Å². The maximum atomic E-state index is 9.79. The lowest BCUT2D eigenvalue weighted by Crippen LogP contribution is -2.29. The molecule has 13 heavy (non-hydrogen) atoms. The molecule has 0 saturated heterocycles. The average molecular weight is 179 g/mol. The molecule has 1 aliphatic rings. The van der Waals surface area contributed by atoms with E-state index in [0.717, 1.165) is 11.1 Å². The lowest BCUT2D eigenvalue weighted by Gasteiger charge is -2.12. The van der Waals surface area contributed by atoms with Gasteiger partial charge in [-0.25, -0.2) is 0 Å². The van der Waals surface area contributed by atoms with Gasteiger partial charge in [-0.05, 0) is 25.1 Å². The number of benzene rings is 1. The van der Waals surface area contributed by atoms with E-state index in [1.807, 2.05) is 13.1 Å². The Balaban J connectivity index is 2.43. The Labute approximate surface area is 77.0 Å². The number of phenolic OH excluding ortho intramolecular Hbond substituents is 1. The fourth-order valence-electron chi connectivity index (χ4n) is 1.90. The molecule has 1 aromatic carbocycles. The molecule has 0 saturated carbocycles.